The van der Waals surface area contributed by atoms with Crippen LogP contribution in [0.2, 0.25) is 0 Å². The topological polar surface area (TPSA) is 122 Å². The van der Waals surface area contributed by atoms with Gasteiger partial charge in [0, 0.05) is 42.0 Å². The van der Waals surface area contributed by atoms with Crippen molar-refractivity contribution in [3.8, 4) is 0 Å². The second-order valence-electron chi connectivity index (χ2n) is 7.66. The summed E-state index contributed by atoms with van der Waals surface area (Å²) >= 11 is 1.54. The Hall–Kier alpha value is -3.40. The summed E-state index contributed by atoms with van der Waals surface area (Å²) in [5.74, 6) is -0.264. The minimum atomic E-state index is -0.829. The first-order chi connectivity index (χ1) is 15.9. The quantitative estimate of drug-likeness (QED) is 0.427. The predicted octanol–water partition coefficient (Wildman–Crippen LogP) is 3.60. The Kier molecular flexibility index (Phi) is 8.42. The molecule has 2 aromatic carbocycles. The van der Waals surface area contributed by atoms with E-state index in [1.54, 1.807) is 23.1 Å². The smallest absolute Gasteiger partial charge is 0.270 e. The number of piperidine rings is 1. The first-order valence-electron chi connectivity index (χ1n) is 10.6. The third kappa shape index (κ3) is 6.55. The summed E-state index contributed by atoms with van der Waals surface area (Å²) in [4.78, 5) is 50.0. The summed E-state index contributed by atoms with van der Waals surface area (Å²) in [7, 11) is 0. The van der Waals surface area contributed by atoms with Crippen molar-refractivity contribution in [3.05, 3.63) is 64.2 Å². The molecule has 0 saturated carbocycles. The number of nitro benzene ring substituents is 1. The molecule has 1 aliphatic rings. The lowest BCUT2D eigenvalue weighted by Gasteiger charge is -2.27. The average Bonchev–Trinajstić information content (AvgIpc) is 2.82. The number of nitrogens with one attached hydrogen (secondary N) is 2. The van der Waals surface area contributed by atoms with Gasteiger partial charge in [0.1, 0.15) is 6.04 Å². The van der Waals surface area contributed by atoms with Crippen LogP contribution in [-0.4, -0.2) is 47.2 Å². The van der Waals surface area contributed by atoms with Gasteiger partial charge < -0.3 is 15.5 Å². The number of non-ortho nitro benzene ring substituents is 1. The van der Waals surface area contributed by atoms with E-state index in [0.29, 0.717) is 30.8 Å². The molecule has 2 N–H and O–H groups in total. The Bertz CT molecular complexity index is 1050. The number of nitrogens with zero attached hydrogens (tertiary/aromatic N) is 2. The number of carbonyl (C=O) groups is 3. The van der Waals surface area contributed by atoms with E-state index < -0.39 is 22.8 Å². The van der Waals surface area contributed by atoms with Gasteiger partial charge in [-0.05, 0) is 55.5 Å². The van der Waals surface area contributed by atoms with Crippen molar-refractivity contribution >= 4 is 46.5 Å². The van der Waals surface area contributed by atoms with Crippen molar-refractivity contribution in [1.29, 1.82) is 0 Å². The molecule has 0 radical (unpaired) electrons. The van der Waals surface area contributed by atoms with E-state index in [4.69, 9.17) is 0 Å². The van der Waals surface area contributed by atoms with Crippen LogP contribution in [0.25, 0.3) is 0 Å². The second-order valence-corrected chi connectivity index (χ2v) is 8.64. The number of hydrogen-bond donors (Lipinski definition) is 2. The maximum absolute atomic E-state index is 13.0. The molecule has 3 amide bonds. The molecule has 174 valence electrons. The van der Waals surface area contributed by atoms with Crippen molar-refractivity contribution in [2.75, 3.05) is 28.8 Å². The van der Waals surface area contributed by atoms with Gasteiger partial charge in [0.2, 0.25) is 11.8 Å². The molecular formula is C23H26N4O5S. The summed E-state index contributed by atoms with van der Waals surface area (Å²) in [6.07, 6.45) is 4.61. The van der Waals surface area contributed by atoms with Crippen LogP contribution in [0.5, 0.6) is 0 Å². The van der Waals surface area contributed by atoms with Gasteiger partial charge in [-0.25, -0.2) is 0 Å². The van der Waals surface area contributed by atoms with E-state index in [2.05, 4.69) is 10.6 Å². The largest absolute Gasteiger partial charge is 0.340 e. The van der Waals surface area contributed by atoms with Gasteiger partial charge in [-0.1, -0.05) is 12.1 Å². The molecule has 2 aromatic rings. The molecule has 1 unspecified atom stereocenters. The molecule has 1 fully saturated rings. The van der Waals surface area contributed by atoms with Crippen LogP contribution in [0, 0.1) is 10.1 Å². The fraction of sp³-hybridized carbons (Fsp3) is 0.348. The maximum Gasteiger partial charge on any atom is 0.270 e. The Morgan fingerprint density at radius 2 is 1.97 bits per heavy atom. The minimum absolute atomic E-state index is 0.0618. The zero-order chi connectivity index (χ0) is 23.8. The molecule has 1 aliphatic heterocycles. The number of carbonyl (C=O) groups excluding carboxylic acids is 3. The van der Waals surface area contributed by atoms with Gasteiger partial charge in [0.05, 0.1) is 4.92 Å². The van der Waals surface area contributed by atoms with Gasteiger partial charge in [-0.15, -0.1) is 0 Å². The van der Waals surface area contributed by atoms with Crippen LogP contribution in [0.3, 0.4) is 0 Å². The van der Waals surface area contributed by atoms with Crippen LogP contribution in [-0.2, 0) is 9.59 Å². The maximum atomic E-state index is 13.0. The highest BCUT2D eigenvalue weighted by Crippen LogP contribution is 2.24. The number of nitro groups is 1. The lowest BCUT2D eigenvalue weighted by Crippen LogP contribution is -2.44. The number of hydrogen-bond acceptors (Lipinski definition) is 6. The first kappa shape index (κ1) is 24.2. The summed E-state index contributed by atoms with van der Waals surface area (Å²) in [6.45, 7) is 0.645. The Balaban J connectivity index is 1.72. The average molecular weight is 471 g/mol. The van der Waals surface area contributed by atoms with Crippen LogP contribution in [0.1, 0.15) is 36.0 Å². The summed E-state index contributed by atoms with van der Waals surface area (Å²) in [5, 5.41) is 16.5. The van der Waals surface area contributed by atoms with Gasteiger partial charge in [-0.2, -0.15) is 11.8 Å². The molecule has 0 bridgehead atoms. The number of anilines is 2. The first-order valence-corrected chi connectivity index (χ1v) is 12.0. The van der Waals surface area contributed by atoms with Crippen molar-refractivity contribution < 1.29 is 19.3 Å². The van der Waals surface area contributed by atoms with E-state index >= 15 is 0 Å². The Morgan fingerprint density at radius 1 is 1.18 bits per heavy atom. The zero-order valence-electron chi connectivity index (χ0n) is 18.3. The molecule has 33 heavy (non-hydrogen) atoms. The zero-order valence-corrected chi connectivity index (χ0v) is 19.1. The number of benzene rings is 2. The van der Waals surface area contributed by atoms with Gasteiger partial charge in [-0.3, -0.25) is 24.5 Å². The normalized spacial score (nSPS) is 14.5. The molecule has 3 rings (SSSR count). The van der Waals surface area contributed by atoms with Crippen molar-refractivity contribution in [2.24, 2.45) is 0 Å². The van der Waals surface area contributed by atoms with E-state index in [0.717, 1.165) is 18.5 Å². The van der Waals surface area contributed by atoms with Gasteiger partial charge in [0.25, 0.3) is 11.6 Å². The van der Waals surface area contributed by atoms with Crippen LogP contribution in [0.15, 0.2) is 48.5 Å². The SMILES string of the molecule is CSCCC(NC(=O)c1cccc([N+](=O)[O-])c1)C(=O)Nc1cccc(N2CCCCC2=O)c1. The van der Waals surface area contributed by atoms with Crippen LogP contribution in [0.4, 0.5) is 17.1 Å². The molecule has 1 saturated heterocycles. The summed E-state index contributed by atoms with van der Waals surface area (Å²) < 4.78 is 0. The number of rotatable bonds is 9. The van der Waals surface area contributed by atoms with E-state index in [9.17, 15) is 24.5 Å². The molecular weight excluding hydrogens is 444 g/mol. The highest BCUT2D eigenvalue weighted by Gasteiger charge is 2.23. The fourth-order valence-electron chi connectivity index (χ4n) is 3.57. The van der Waals surface area contributed by atoms with E-state index in [1.165, 1.54) is 36.0 Å². The standard InChI is InChI=1S/C23H26N4O5S/c1-33-13-11-20(25-22(29)16-6-4-9-19(14-16)27(31)32)23(30)24-17-7-5-8-18(15-17)26-12-3-2-10-21(26)28/h4-9,14-15,20H,2-3,10-13H2,1H3,(H,24,30)(H,25,29). The Labute approximate surface area is 196 Å². The second kappa shape index (κ2) is 11.5. The molecule has 10 heteroatoms. The lowest BCUT2D eigenvalue weighted by molar-refractivity contribution is -0.384. The lowest BCUT2D eigenvalue weighted by atomic mass is 10.1. The van der Waals surface area contributed by atoms with E-state index in [1.807, 2.05) is 12.3 Å². The fourth-order valence-corrected chi connectivity index (χ4v) is 4.04. The number of amides is 3. The van der Waals surface area contributed by atoms with Crippen molar-refractivity contribution in [3.63, 3.8) is 0 Å². The van der Waals surface area contributed by atoms with Gasteiger partial charge in [0.15, 0.2) is 0 Å². The number of thioether (sulfide) groups is 1. The van der Waals surface area contributed by atoms with Crippen LogP contribution < -0.4 is 15.5 Å². The molecule has 1 heterocycles. The monoisotopic (exact) mass is 470 g/mol. The Morgan fingerprint density at radius 3 is 2.70 bits per heavy atom. The third-order valence-electron chi connectivity index (χ3n) is 5.30. The molecule has 9 nitrogen and oxygen atoms in total. The molecule has 1 atom stereocenters. The highest BCUT2D eigenvalue weighted by molar-refractivity contribution is 7.98. The highest BCUT2D eigenvalue weighted by atomic mass is 32.2. The summed E-state index contributed by atoms with van der Waals surface area (Å²) in [6, 6.07) is 11.6. The van der Waals surface area contributed by atoms with Crippen LogP contribution >= 0.6 is 11.8 Å². The minimum Gasteiger partial charge on any atom is -0.340 e. The predicted molar refractivity (Wildman–Crippen MR) is 129 cm³/mol. The third-order valence-corrected chi connectivity index (χ3v) is 5.94. The van der Waals surface area contributed by atoms with E-state index in [-0.39, 0.29) is 17.2 Å². The van der Waals surface area contributed by atoms with Crippen molar-refractivity contribution in [2.45, 2.75) is 31.7 Å². The van der Waals surface area contributed by atoms with Crippen molar-refractivity contribution in [1.82, 2.24) is 5.32 Å². The summed E-state index contributed by atoms with van der Waals surface area (Å²) in [5.41, 5.74) is 1.15. The molecule has 0 aliphatic carbocycles. The molecule has 0 spiro atoms. The van der Waals surface area contributed by atoms with Gasteiger partial charge >= 0.3 is 0 Å². The molecule has 0 aromatic heterocycles.